The number of rotatable bonds is 4. The maximum Gasteiger partial charge on any atom is 0.316 e. The normalized spacial score (nSPS) is 19.6. The standard InChI is InChI=1S/C9H12N4O3/c14-13(15)8-4-11-9(12-5-8)16-6-7-1-2-10-3-7/h4-5,7,10H,1-3,6H2. The van der Waals surface area contributed by atoms with E-state index in [0.29, 0.717) is 12.5 Å². The molecule has 0 bridgehead atoms. The van der Waals surface area contributed by atoms with Crippen molar-refractivity contribution in [3.63, 3.8) is 0 Å². The van der Waals surface area contributed by atoms with Gasteiger partial charge in [0.05, 0.1) is 11.5 Å². The van der Waals surface area contributed by atoms with Gasteiger partial charge in [0, 0.05) is 12.5 Å². The van der Waals surface area contributed by atoms with E-state index < -0.39 is 4.92 Å². The summed E-state index contributed by atoms with van der Waals surface area (Å²) in [4.78, 5) is 17.3. The molecule has 2 rings (SSSR count). The lowest BCUT2D eigenvalue weighted by atomic mass is 10.1. The molecule has 1 unspecified atom stereocenters. The molecule has 0 amide bonds. The molecular formula is C9H12N4O3. The van der Waals surface area contributed by atoms with E-state index in [1.54, 1.807) is 0 Å². The lowest BCUT2D eigenvalue weighted by Crippen LogP contribution is -2.16. The Bertz CT molecular complexity index is 362. The van der Waals surface area contributed by atoms with Crippen LogP contribution in [0, 0.1) is 16.0 Å². The van der Waals surface area contributed by atoms with Gasteiger partial charge in [-0.3, -0.25) is 10.1 Å². The first-order valence-corrected chi connectivity index (χ1v) is 5.05. The van der Waals surface area contributed by atoms with Crippen LogP contribution in [0.1, 0.15) is 6.42 Å². The summed E-state index contributed by atoms with van der Waals surface area (Å²) >= 11 is 0. The van der Waals surface area contributed by atoms with Gasteiger partial charge in [-0.25, -0.2) is 0 Å². The minimum absolute atomic E-state index is 0.130. The molecule has 0 aliphatic carbocycles. The van der Waals surface area contributed by atoms with E-state index in [-0.39, 0.29) is 11.7 Å². The highest BCUT2D eigenvalue weighted by atomic mass is 16.6. The quantitative estimate of drug-likeness (QED) is 0.587. The van der Waals surface area contributed by atoms with Crippen molar-refractivity contribution in [2.75, 3.05) is 19.7 Å². The van der Waals surface area contributed by atoms with Crippen LogP contribution in [-0.2, 0) is 0 Å². The van der Waals surface area contributed by atoms with Crippen LogP contribution in [0.4, 0.5) is 5.69 Å². The van der Waals surface area contributed by atoms with Crippen LogP contribution in [0.15, 0.2) is 12.4 Å². The van der Waals surface area contributed by atoms with Crippen molar-refractivity contribution in [1.29, 1.82) is 0 Å². The van der Waals surface area contributed by atoms with Crippen molar-refractivity contribution < 1.29 is 9.66 Å². The lowest BCUT2D eigenvalue weighted by molar-refractivity contribution is -0.385. The number of nitro groups is 1. The molecule has 0 spiro atoms. The Labute approximate surface area is 92.0 Å². The average Bonchev–Trinajstić information content (AvgIpc) is 2.80. The molecule has 0 radical (unpaired) electrons. The molecule has 1 N–H and O–H groups in total. The Morgan fingerprint density at radius 2 is 2.31 bits per heavy atom. The Morgan fingerprint density at radius 3 is 2.88 bits per heavy atom. The van der Waals surface area contributed by atoms with Crippen LogP contribution in [-0.4, -0.2) is 34.6 Å². The van der Waals surface area contributed by atoms with Crippen LogP contribution in [0.3, 0.4) is 0 Å². The summed E-state index contributed by atoms with van der Waals surface area (Å²) in [5.41, 5.74) is -0.130. The number of ether oxygens (including phenoxy) is 1. The summed E-state index contributed by atoms with van der Waals surface area (Å²) in [6.45, 7) is 2.49. The third-order valence-electron chi connectivity index (χ3n) is 2.44. The third-order valence-corrected chi connectivity index (χ3v) is 2.44. The lowest BCUT2D eigenvalue weighted by Gasteiger charge is -2.08. The van der Waals surface area contributed by atoms with Gasteiger partial charge >= 0.3 is 11.7 Å². The van der Waals surface area contributed by atoms with Crippen LogP contribution in [0.25, 0.3) is 0 Å². The monoisotopic (exact) mass is 224 g/mol. The molecule has 16 heavy (non-hydrogen) atoms. The molecule has 7 nitrogen and oxygen atoms in total. The van der Waals surface area contributed by atoms with Crippen molar-refractivity contribution in [3.05, 3.63) is 22.5 Å². The highest BCUT2D eigenvalue weighted by molar-refractivity contribution is 5.21. The predicted octanol–water partition coefficient (Wildman–Crippen LogP) is 0.373. The average molecular weight is 224 g/mol. The van der Waals surface area contributed by atoms with Gasteiger partial charge in [-0.1, -0.05) is 0 Å². The van der Waals surface area contributed by atoms with Crippen molar-refractivity contribution in [3.8, 4) is 6.01 Å². The molecule has 86 valence electrons. The number of hydrogen-bond donors (Lipinski definition) is 1. The van der Waals surface area contributed by atoms with Gasteiger partial charge in [0.1, 0.15) is 12.4 Å². The molecule has 0 aromatic carbocycles. The van der Waals surface area contributed by atoms with E-state index in [9.17, 15) is 10.1 Å². The molecule has 0 saturated carbocycles. The van der Waals surface area contributed by atoms with Crippen molar-refractivity contribution in [2.45, 2.75) is 6.42 Å². The first-order chi connectivity index (χ1) is 7.75. The summed E-state index contributed by atoms with van der Waals surface area (Å²) in [6.07, 6.45) is 3.37. The van der Waals surface area contributed by atoms with E-state index in [4.69, 9.17) is 4.74 Å². The topological polar surface area (TPSA) is 90.2 Å². The Morgan fingerprint density at radius 1 is 1.56 bits per heavy atom. The first kappa shape index (κ1) is 10.7. The summed E-state index contributed by atoms with van der Waals surface area (Å²) in [5.74, 6) is 0.471. The fourth-order valence-electron chi connectivity index (χ4n) is 1.53. The zero-order valence-corrected chi connectivity index (χ0v) is 8.63. The van der Waals surface area contributed by atoms with Gasteiger partial charge in [-0.15, -0.1) is 0 Å². The number of aromatic nitrogens is 2. The highest BCUT2D eigenvalue weighted by Gasteiger charge is 2.15. The molecule has 1 atom stereocenters. The van der Waals surface area contributed by atoms with Crippen LogP contribution in [0.2, 0.25) is 0 Å². The summed E-state index contributed by atoms with van der Waals surface area (Å²) < 4.78 is 5.34. The Hall–Kier alpha value is -1.76. The maximum absolute atomic E-state index is 10.4. The van der Waals surface area contributed by atoms with Crippen LogP contribution in [0.5, 0.6) is 6.01 Å². The van der Waals surface area contributed by atoms with Crippen molar-refractivity contribution in [2.24, 2.45) is 5.92 Å². The SMILES string of the molecule is O=[N+]([O-])c1cnc(OCC2CCNC2)nc1. The number of nitrogens with zero attached hydrogens (tertiary/aromatic N) is 3. The smallest absolute Gasteiger partial charge is 0.316 e. The second-order valence-electron chi connectivity index (χ2n) is 3.65. The van der Waals surface area contributed by atoms with Crippen molar-refractivity contribution >= 4 is 5.69 Å². The van der Waals surface area contributed by atoms with E-state index in [0.717, 1.165) is 31.9 Å². The summed E-state index contributed by atoms with van der Waals surface area (Å²) in [6, 6.07) is 0.192. The molecule has 1 fully saturated rings. The van der Waals surface area contributed by atoms with E-state index in [1.807, 2.05) is 0 Å². The maximum atomic E-state index is 10.4. The highest BCUT2D eigenvalue weighted by Crippen LogP contribution is 2.12. The van der Waals surface area contributed by atoms with Gasteiger partial charge in [-0.2, -0.15) is 9.97 Å². The minimum atomic E-state index is -0.537. The van der Waals surface area contributed by atoms with Gasteiger partial charge < -0.3 is 10.1 Å². The third kappa shape index (κ3) is 2.63. The Balaban J connectivity index is 1.87. The van der Waals surface area contributed by atoms with E-state index in [2.05, 4.69) is 15.3 Å². The van der Waals surface area contributed by atoms with Crippen molar-refractivity contribution in [1.82, 2.24) is 15.3 Å². The largest absolute Gasteiger partial charge is 0.463 e. The van der Waals surface area contributed by atoms with Gasteiger partial charge in [0.2, 0.25) is 0 Å². The zero-order valence-electron chi connectivity index (χ0n) is 8.63. The molecule has 1 aliphatic rings. The van der Waals surface area contributed by atoms with Gasteiger partial charge in [0.15, 0.2) is 0 Å². The molecule has 1 aromatic heterocycles. The first-order valence-electron chi connectivity index (χ1n) is 5.05. The molecule has 1 aliphatic heterocycles. The molecule has 1 saturated heterocycles. The van der Waals surface area contributed by atoms with Gasteiger partial charge in [-0.05, 0) is 13.0 Å². The summed E-state index contributed by atoms with van der Waals surface area (Å²) in [5, 5.41) is 13.6. The molecule has 2 heterocycles. The predicted molar refractivity (Wildman–Crippen MR) is 55.2 cm³/mol. The fourth-order valence-corrected chi connectivity index (χ4v) is 1.53. The van der Waals surface area contributed by atoms with Gasteiger partial charge in [0.25, 0.3) is 0 Å². The Kier molecular flexibility index (Phi) is 3.25. The molecule has 1 aromatic rings. The minimum Gasteiger partial charge on any atom is -0.463 e. The second kappa shape index (κ2) is 4.84. The zero-order chi connectivity index (χ0) is 11.4. The molecule has 7 heteroatoms. The number of hydrogen-bond acceptors (Lipinski definition) is 6. The molecular weight excluding hydrogens is 212 g/mol. The summed E-state index contributed by atoms with van der Waals surface area (Å²) in [7, 11) is 0. The van der Waals surface area contributed by atoms with E-state index in [1.165, 1.54) is 0 Å². The fraction of sp³-hybridized carbons (Fsp3) is 0.556. The number of nitrogens with one attached hydrogen (secondary N) is 1. The van der Waals surface area contributed by atoms with Crippen LogP contribution < -0.4 is 10.1 Å². The second-order valence-corrected chi connectivity index (χ2v) is 3.65. The van der Waals surface area contributed by atoms with E-state index >= 15 is 0 Å². The van der Waals surface area contributed by atoms with Crippen LogP contribution >= 0.6 is 0 Å².